The maximum Gasteiger partial charge on any atom is 0.349 e. The predicted molar refractivity (Wildman–Crippen MR) is 102 cm³/mol. The first-order valence-corrected chi connectivity index (χ1v) is 8.77. The summed E-state index contributed by atoms with van der Waals surface area (Å²) in [6, 6.07) is 19.2. The number of carbonyl (C=O) groups excluding carboxylic acids is 1. The molecule has 1 amide bonds. The molecule has 1 aromatic heterocycles. The van der Waals surface area contributed by atoms with Crippen LogP contribution in [0.1, 0.15) is 17.3 Å². The van der Waals surface area contributed by atoms with Crippen LogP contribution in [0.2, 0.25) is 0 Å². The van der Waals surface area contributed by atoms with E-state index in [9.17, 15) is 9.59 Å². The summed E-state index contributed by atoms with van der Waals surface area (Å²) in [5.74, 6) is -0.260. The summed E-state index contributed by atoms with van der Waals surface area (Å²) in [4.78, 5) is 29.2. The average Bonchev–Trinajstić information content (AvgIpc) is 2.67. The molecule has 1 aliphatic rings. The van der Waals surface area contributed by atoms with Crippen LogP contribution in [-0.4, -0.2) is 36.5 Å². The van der Waals surface area contributed by atoms with Gasteiger partial charge in [0.15, 0.2) is 0 Å². The number of piperazine rings is 1. The van der Waals surface area contributed by atoms with E-state index < -0.39 is 5.63 Å². The first kappa shape index (κ1) is 16.4. The van der Waals surface area contributed by atoms with Crippen molar-refractivity contribution >= 4 is 22.6 Å². The minimum atomic E-state index is -0.577. The van der Waals surface area contributed by atoms with Gasteiger partial charge >= 0.3 is 5.63 Å². The zero-order valence-electron chi connectivity index (χ0n) is 14.6. The molecule has 1 unspecified atom stereocenters. The molecule has 0 spiro atoms. The lowest BCUT2D eigenvalue weighted by Crippen LogP contribution is -2.54. The number of nitrogens with zero attached hydrogens (tertiary/aromatic N) is 2. The molecular formula is C21H20N2O3. The van der Waals surface area contributed by atoms with Crippen molar-refractivity contribution in [3.63, 3.8) is 0 Å². The van der Waals surface area contributed by atoms with E-state index in [1.54, 1.807) is 23.1 Å². The van der Waals surface area contributed by atoms with Crippen LogP contribution in [0.25, 0.3) is 11.0 Å². The van der Waals surface area contributed by atoms with Gasteiger partial charge in [-0.05, 0) is 31.2 Å². The van der Waals surface area contributed by atoms with E-state index in [4.69, 9.17) is 4.42 Å². The molecule has 0 N–H and O–H groups in total. The van der Waals surface area contributed by atoms with Crippen molar-refractivity contribution < 1.29 is 9.21 Å². The lowest BCUT2D eigenvalue weighted by atomic mass is 10.1. The van der Waals surface area contributed by atoms with Gasteiger partial charge in [0.1, 0.15) is 11.1 Å². The lowest BCUT2D eigenvalue weighted by molar-refractivity contribution is 0.0722. The minimum Gasteiger partial charge on any atom is -0.422 e. The zero-order chi connectivity index (χ0) is 18.1. The molecule has 1 fully saturated rings. The van der Waals surface area contributed by atoms with E-state index in [1.165, 1.54) is 0 Å². The van der Waals surface area contributed by atoms with Gasteiger partial charge < -0.3 is 14.2 Å². The monoisotopic (exact) mass is 348 g/mol. The molecule has 0 aliphatic carbocycles. The van der Waals surface area contributed by atoms with Crippen molar-refractivity contribution in [3.05, 3.63) is 76.6 Å². The Labute approximate surface area is 151 Å². The van der Waals surface area contributed by atoms with Gasteiger partial charge in [-0.25, -0.2) is 4.79 Å². The molecule has 1 atom stereocenters. The molecule has 3 aromatic rings. The van der Waals surface area contributed by atoms with Crippen LogP contribution in [0.4, 0.5) is 5.69 Å². The predicted octanol–water partition coefficient (Wildman–Crippen LogP) is 3.14. The Morgan fingerprint density at radius 2 is 1.77 bits per heavy atom. The summed E-state index contributed by atoms with van der Waals surface area (Å²) in [7, 11) is 0. The van der Waals surface area contributed by atoms with Crippen molar-refractivity contribution in [2.75, 3.05) is 24.5 Å². The Bertz CT molecular complexity index is 997. The van der Waals surface area contributed by atoms with Crippen LogP contribution in [0, 0.1) is 0 Å². The number of para-hydroxylation sites is 2. The largest absolute Gasteiger partial charge is 0.422 e. The van der Waals surface area contributed by atoms with Gasteiger partial charge in [-0.15, -0.1) is 0 Å². The summed E-state index contributed by atoms with van der Waals surface area (Å²) in [5.41, 5.74) is 1.17. The second-order valence-electron chi connectivity index (χ2n) is 6.61. The normalized spacial score (nSPS) is 17.5. The van der Waals surface area contributed by atoms with Gasteiger partial charge in [-0.3, -0.25) is 4.79 Å². The highest BCUT2D eigenvalue weighted by Crippen LogP contribution is 2.21. The highest BCUT2D eigenvalue weighted by atomic mass is 16.4. The first-order valence-electron chi connectivity index (χ1n) is 8.77. The number of hydrogen-bond acceptors (Lipinski definition) is 4. The topological polar surface area (TPSA) is 53.8 Å². The lowest BCUT2D eigenvalue weighted by Gasteiger charge is -2.41. The summed E-state index contributed by atoms with van der Waals surface area (Å²) in [5, 5.41) is 0.756. The maximum atomic E-state index is 12.9. The molecule has 26 heavy (non-hydrogen) atoms. The molecule has 1 saturated heterocycles. The van der Waals surface area contributed by atoms with E-state index in [2.05, 4.69) is 24.0 Å². The minimum absolute atomic E-state index is 0.101. The fourth-order valence-corrected chi connectivity index (χ4v) is 3.53. The van der Waals surface area contributed by atoms with E-state index in [-0.39, 0.29) is 17.5 Å². The molecular weight excluding hydrogens is 328 g/mol. The van der Waals surface area contributed by atoms with Crippen molar-refractivity contribution in [2.24, 2.45) is 0 Å². The quantitative estimate of drug-likeness (QED) is 0.668. The third kappa shape index (κ3) is 2.96. The molecule has 2 heterocycles. The summed E-state index contributed by atoms with van der Waals surface area (Å²) in [6.45, 7) is 3.97. The number of hydrogen-bond donors (Lipinski definition) is 0. The fourth-order valence-electron chi connectivity index (χ4n) is 3.53. The van der Waals surface area contributed by atoms with Crippen molar-refractivity contribution in [1.29, 1.82) is 0 Å². The van der Waals surface area contributed by atoms with Gasteiger partial charge in [-0.1, -0.05) is 36.4 Å². The third-order valence-electron chi connectivity index (χ3n) is 4.87. The van der Waals surface area contributed by atoms with Gasteiger partial charge in [-0.2, -0.15) is 0 Å². The number of amides is 1. The van der Waals surface area contributed by atoms with E-state index >= 15 is 0 Å². The number of benzene rings is 2. The first-order chi connectivity index (χ1) is 12.6. The van der Waals surface area contributed by atoms with E-state index in [0.29, 0.717) is 18.7 Å². The maximum absolute atomic E-state index is 12.9. The fraction of sp³-hybridized carbons (Fsp3) is 0.238. The summed E-state index contributed by atoms with van der Waals surface area (Å²) >= 11 is 0. The molecule has 1 aliphatic heterocycles. The zero-order valence-corrected chi connectivity index (χ0v) is 14.6. The third-order valence-corrected chi connectivity index (χ3v) is 4.87. The molecule has 132 valence electrons. The van der Waals surface area contributed by atoms with Crippen LogP contribution in [0.15, 0.2) is 69.9 Å². The van der Waals surface area contributed by atoms with Crippen LogP contribution in [0.5, 0.6) is 0 Å². The standard InChI is InChI=1S/C21H20N2O3/c1-15-14-22(11-12-23(15)17-8-3-2-4-9-17)20(24)18-13-16-7-5-6-10-19(16)26-21(18)25/h2-10,13,15H,11-12,14H2,1H3. The smallest absolute Gasteiger partial charge is 0.349 e. The Balaban J connectivity index is 1.57. The number of anilines is 1. The molecule has 0 radical (unpaired) electrons. The summed E-state index contributed by atoms with van der Waals surface area (Å²) < 4.78 is 5.31. The molecule has 4 rings (SSSR count). The molecule has 5 nitrogen and oxygen atoms in total. The molecule has 5 heteroatoms. The second kappa shape index (κ2) is 6.67. The number of fused-ring (bicyclic) bond motifs is 1. The summed E-state index contributed by atoms with van der Waals surface area (Å²) in [6.07, 6.45) is 0. The van der Waals surface area contributed by atoms with Gasteiger partial charge in [0.2, 0.25) is 0 Å². The van der Waals surface area contributed by atoms with Crippen molar-refractivity contribution in [1.82, 2.24) is 4.90 Å². The molecule has 0 bridgehead atoms. The second-order valence-corrected chi connectivity index (χ2v) is 6.61. The van der Waals surface area contributed by atoms with Crippen LogP contribution in [-0.2, 0) is 0 Å². The number of carbonyl (C=O) groups is 1. The van der Waals surface area contributed by atoms with Crippen LogP contribution >= 0.6 is 0 Å². The Hall–Kier alpha value is -3.08. The van der Waals surface area contributed by atoms with Crippen LogP contribution in [0.3, 0.4) is 0 Å². The molecule has 0 saturated carbocycles. The van der Waals surface area contributed by atoms with Crippen LogP contribution < -0.4 is 10.5 Å². The van der Waals surface area contributed by atoms with Crippen molar-refractivity contribution in [2.45, 2.75) is 13.0 Å². The van der Waals surface area contributed by atoms with Gasteiger partial charge in [0.25, 0.3) is 5.91 Å². The van der Waals surface area contributed by atoms with E-state index in [0.717, 1.165) is 17.6 Å². The van der Waals surface area contributed by atoms with Gasteiger partial charge in [0.05, 0.1) is 0 Å². The van der Waals surface area contributed by atoms with E-state index in [1.807, 2.05) is 30.3 Å². The van der Waals surface area contributed by atoms with Crippen molar-refractivity contribution in [3.8, 4) is 0 Å². The highest BCUT2D eigenvalue weighted by molar-refractivity contribution is 5.96. The Morgan fingerprint density at radius 1 is 1.04 bits per heavy atom. The Morgan fingerprint density at radius 3 is 2.54 bits per heavy atom. The van der Waals surface area contributed by atoms with Gasteiger partial charge in [0, 0.05) is 36.7 Å². The SMILES string of the molecule is CC1CN(C(=O)c2cc3ccccc3oc2=O)CCN1c1ccccc1. The Kier molecular flexibility index (Phi) is 4.21. The molecule has 2 aromatic carbocycles. The average molecular weight is 348 g/mol. The highest BCUT2D eigenvalue weighted by Gasteiger charge is 2.29. The number of rotatable bonds is 2.